The van der Waals surface area contributed by atoms with Gasteiger partial charge in [0.1, 0.15) is 11.5 Å². The van der Waals surface area contributed by atoms with Crippen molar-refractivity contribution in [2.75, 3.05) is 13.7 Å². The Balaban J connectivity index is 1.39. The third kappa shape index (κ3) is 5.90. The van der Waals surface area contributed by atoms with Crippen LogP contribution in [0.1, 0.15) is 26.3 Å². The van der Waals surface area contributed by atoms with Gasteiger partial charge in [-0.2, -0.15) is 0 Å². The van der Waals surface area contributed by atoms with Gasteiger partial charge in [-0.25, -0.2) is 4.79 Å². The van der Waals surface area contributed by atoms with Gasteiger partial charge in [0.05, 0.1) is 29.0 Å². The van der Waals surface area contributed by atoms with Crippen molar-refractivity contribution < 1.29 is 33.6 Å². The molecule has 0 saturated carbocycles. The lowest BCUT2D eigenvalue weighted by molar-refractivity contribution is -0.384. The maximum Gasteiger partial charge on any atom is 0.343 e. The zero-order chi connectivity index (χ0) is 26.5. The lowest BCUT2D eigenvalue weighted by Gasteiger charge is -2.11. The molecule has 0 aliphatic carbocycles. The molecule has 4 rings (SSSR count). The van der Waals surface area contributed by atoms with E-state index >= 15 is 0 Å². The van der Waals surface area contributed by atoms with E-state index in [2.05, 4.69) is 0 Å². The van der Waals surface area contributed by atoms with Crippen molar-refractivity contribution >= 4 is 46.4 Å². The Morgan fingerprint density at radius 3 is 2.11 bits per heavy atom. The number of thioether (sulfide) groups is 1. The van der Waals surface area contributed by atoms with Gasteiger partial charge in [-0.15, -0.1) is 0 Å². The summed E-state index contributed by atoms with van der Waals surface area (Å²) in [5, 5.41) is 10.2. The monoisotopic (exact) mass is 518 g/mol. The van der Waals surface area contributed by atoms with Crippen LogP contribution in [-0.2, 0) is 4.79 Å². The summed E-state index contributed by atoms with van der Waals surface area (Å²) in [5.74, 6) is -0.795. The van der Waals surface area contributed by atoms with Crippen molar-refractivity contribution in [3.63, 3.8) is 0 Å². The molecule has 0 aromatic heterocycles. The first kappa shape index (κ1) is 25.3. The van der Waals surface area contributed by atoms with Crippen molar-refractivity contribution in [1.82, 2.24) is 4.90 Å². The number of benzene rings is 3. The molecule has 3 aromatic rings. The number of methoxy groups -OCH3 is 1. The van der Waals surface area contributed by atoms with Crippen LogP contribution in [0.5, 0.6) is 11.5 Å². The number of imide groups is 1. The average Bonchev–Trinajstić information content (AvgIpc) is 3.17. The fourth-order valence-corrected chi connectivity index (χ4v) is 4.16. The number of Topliss-reactive ketones (excluding diaryl/α,β-unsaturated/α-hetero) is 1. The van der Waals surface area contributed by atoms with Crippen LogP contribution in [0, 0.1) is 10.1 Å². The summed E-state index contributed by atoms with van der Waals surface area (Å²) in [5.41, 5.74) is 0.902. The highest BCUT2D eigenvalue weighted by Gasteiger charge is 2.36. The third-order valence-corrected chi connectivity index (χ3v) is 6.20. The van der Waals surface area contributed by atoms with E-state index in [0.29, 0.717) is 34.4 Å². The van der Waals surface area contributed by atoms with Crippen molar-refractivity contribution in [2.24, 2.45) is 0 Å². The van der Waals surface area contributed by atoms with Gasteiger partial charge in [0.15, 0.2) is 5.78 Å². The van der Waals surface area contributed by atoms with E-state index in [4.69, 9.17) is 9.47 Å². The quantitative estimate of drug-likeness (QED) is 0.103. The zero-order valence-corrected chi connectivity index (χ0v) is 20.1. The number of ketones is 1. The van der Waals surface area contributed by atoms with Gasteiger partial charge in [-0.1, -0.05) is 12.1 Å². The molecular weight excluding hydrogens is 500 g/mol. The molecule has 10 nitrogen and oxygen atoms in total. The van der Waals surface area contributed by atoms with Gasteiger partial charge < -0.3 is 9.47 Å². The van der Waals surface area contributed by atoms with Crippen molar-refractivity contribution in [3.05, 3.63) is 105 Å². The highest BCUT2D eigenvalue weighted by molar-refractivity contribution is 8.18. The fraction of sp³-hybridized carbons (Fsp3) is 0.0769. The largest absolute Gasteiger partial charge is 0.497 e. The molecule has 0 bridgehead atoms. The average molecular weight is 519 g/mol. The molecule has 0 radical (unpaired) electrons. The molecule has 0 N–H and O–H groups in total. The number of carbonyl (C=O) groups excluding carboxylic acids is 4. The summed E-state index contributed by atoms with van der Waals surface area (Å²) in [6.45, 7) is -0.486. The Morgan fingerprint density at radius 1 is 0.919 bits per heavy atom. The second-order valence-corrected chi connectivity index (χ2v) is 8.68. The van der Waals surface area contributed by atoms with Crippen LogP contribution in [-0.4, -0.2) is 46.4 Å². The first-order valence-corrected chi connectivity index (χ1v) is 11.6. The van der Waals surface area contributed by atoms with Crippen LogP contribution in [0.25, 0.3) is 6.08 Å². The molecule has 0 unspecified atom stereocenters. The van der Waals surface area contributed by atoms with Crippen LogP contribution in [0.3, 0.4) is 0 Å². The van der Waals surface area contributed by atoms with E-state index < -0.39 is 34.4 Å². The third-order valence-electron chi connectivity index (χ3n) is 5.29. The van der Waals surface area contributed by atoms with Gasteiger partial charge in [0, 0.05) is 17.7 Å². The summed E-state index contributed by atoms with van der Waals surface area (Å²) in [6.07, 6.45) is 1.50. The van der Waals surface area contributed by atoms with E-state index in [9.17, 15) is 29.3 Å². The number of rotatable bonds is 8. The highest BCUT2D eigenvalue weighted by Crippen LogP contribution is 2.32. The number of nitrogens with zero attached hydrogens (tertiary/aromatic N) is 2. The Bertz CT molecular complexity index is 1410. The molecule has 1 aliphatic rings. The van der Waals surface area contributed by atoms with Gasteiger partial charge in [-0.05, 0) is 71.9 Å². The first-order valence-electron chi connectivity index (χ1n) is 10.7. The lowest BCUT2D eigenvalue weighted by atomic mass is 10.1. The van der Waals surface area contributed by atoms with E-state index in [1.165, 1.54) is 37.5 Å². The first-order chi connectivity index (χ1) is 17.7. The summed E-state index contributed by atoms with van der Waals surface area (Å²) in [7, 11) is 1.52. The molecule has 1 saturated heterocycles. The Labute approximate surface area is 214 Å². The minimum Gasteiger partial charge on any atom is -0.497 e. The van der Waals surface area contributed by atoms with Gasteiger partial charge in [0.2, 0.25) is 0 Å². The van der Waals surface area contributed by atoms with Crippen LogP contribution in [0.2, 0.25) is 0 Å². The second-order valence-electron chi connectivity index (χ2n) is 7.68. The predicted molar refractivity (Wildman–Crippen MR) is 134 cm³/mol. The van der Waals surface area contributed by atoms with Crippen molar-refractivity contribution in [2.45, 2.75) is 0 Å². The van der Waals surface area contributed by atoms with Gasteiger partial charge in [-0.3, -0.25) is 29.4 Å². The molecular formula is C26H18N2O8S. The number of hydrogen-bond acceptors (Lipinski definition) is 9. The van der Waals surface area contributed by atoms with Crippen LogP contribution >= 0.6 is 11.8 Å². The minimum absolute atomic E-state index is 0.129. The Morgan fingerprint density at radius 2 is 1.51 bits per heavy atom. The van der Waals surface area contributed by atoms with Gasteiger partial charge >= 0.3 is 5.97 Å². The zero-order valence-electron chi connectivity index (χ0n) is 19.3. The number of nitro groups is 1. The van der Waals surface area contributed by atoms with Crippen LogP contribution < -0.4 is 9.47 Å². The van der Waals surface area contributed by atoms with Crippen LogP contribution in [0.15, 0.2) is 77.7 Å². The standard InChI is InChI=1S/C26H18N2O8S/c1-35-20-12-6-18(7-13-20)25(31)36-21-10-2-16(3-11-21)14-23-24(30)27(26(32)37-23)15-22(29)17-4-8-19(9-5-17)28(33)34/h2-14H,15H2,1H3/b23-14+. The molecule has 1 fully saturated rings. The predicted octanol–water partition coefficient (Wildman–Crippen LogP) is 4.74. The SMILES string of the molecule is COc1ccc(C(=O)Oc2ccc(/C=C3/SC(=O)N(CC(=O)c4ccc([N+](=O)[O-])cc4)C3=O)cc2)cc1. The number of carbonyl (C=O) groups is 4. The molecule has 37 heavy (non-hydrogen) atoms. The number of ether oxygens (including phenoxy) is 2. The molecule has 1 aliphatic heterocycles. The molecule has 2 amide bonds. The van der Waals surface area contributed by atoms with E-state index in [1.54, 1.807) is 48.5 Å². The second kappa shape index (κ2) is 10.9. The number of amides is 2. The van der Waals surface area contributed by atoms with E-state index in [1.807, 2.05) is 0 Å². The molecule has 1 heterocycles. The van der Waals surface area contributed by atoms with Gasteiger partial charge in [0.25, 0.3) is 16.8 Å². The molecule has 3 aromatic carbocycles. The number of esters is 1. The van der Waals surface area contributed by atoms with E-state index in [-0.39, 0.29) is 16.2 Å². The maximum atomic E-state index is 12.7. The van der Waals surface area contributed by atoms with Crippen molar-refractivity contribution in [1.29, 1.82) is 0 Å². The lowest BCUT2D eigenvalue weighted by Crippen LogP contribution is -2.33. The number of nitro benzene ring substituents is 1. The van der Waals surface area contributed by atoms with Crippen molar-refractivity contribution in [3.8, 4) is 11.5 Å². The Hall–Kier alpha value is -4.77. The van der Waals surface area contributed by atoms with E-state index in [0.717, 1.165) is 4.90 Å². The summed E-state index contributed by atoms with van der Waals surface area (Å²) >= 11 is 0.697. The van der Waals surface area contributed by atoms with Crippen LogP contribution in [0.4, 0.5) is 10.5 Å². The topological polar surface area (TPSA) is 133 Å². The molecule has 186 valence electrons. The highest BCUT2D eigenvalue weighted by atomic mass is 32.2. The smallest absolute Gasteiger partial charge is 0.343 e. The minimum atomic E-state index is -0.625. The number of non-ortho nitro benzene ring substituents is 1. The number of hydrogen-bond donors (Lipinski definition) is 0. The normalized spacial score (nSPS) is 14.1. The maximum absolute atomic E-state index is 12.7. The summed E-state index contributed by atoms with van der Waals surface area (Å²) in [4.78, 5) is 61.0. The fourth-order valence-electron chi connectivity index (χ4n) is 3.32. The Kier molecular flexibility index (Phi) is 7.44. The summed E-state index contributed by atoms with van der Waals surface area (Å²) < 4.78 is 10.4. The molecule has 0 spiro atoms. The summed E-state index contributed by atoms with van der Waals surface area (Å²) in [6, 6.07) is 17.7. The molecule has 0 atom stereocenters. The molecule has 11 heteroatoms.